The normalized spacial score (nSPS) is 38.4. The van der Waals surface area contributed by atoms with E-state index in [1.165, 1.54) is 14.2 Å². The monoisotopic (exact) mass is 329 g/mol. The molecule has 1 amide bonds. The van der Waals surface area contributed by atoms with E-state index in [0.717, 1.165) is 4.90 Å². The molecule has 0 aromatic carbocycles. The molecule has 0 aromatic rings. The van der Waals surface area contributed by atoms with Gasteiger partial charge in [-0.05, 0) is 12.8 Å². The van der Waals surface area contributed by atoms with Gasteiger partial charge in [0.2, 0.25) is 5.91 Å². The lowest BCUT2D eigenvalue weighted by Gasteiger charge is -2.32. The Morgan fingerprint density at radius 1 is 1.35 bits per heavy atom. The molecule has 9 nitrogen and oxygen atoms in total. The van der Waals surface area contributed by atoms with Crippen LogP contribution in [0.4, 0.5) is 0 Å². The van der Waals surface area contributed by atoms with Gasteiger partial charge in [0.1, 0.15) is 5.60 Å². The van der Waals surface area contributed by atoms with Crippen molar-refractivity contribution in [2.45, 2.75) is 36.9 Å². The first kappa shape index (κ1) is 16.2. The van der Waals surface area contributed by atoms with E-state index < -0.39 is 53.7 Å². The summed E-state index contributed by atoms with van der Waals surface area (Å²) in [6, 6.07) is -1.23. The topological polar surface area (TPSA) is 123 Å². The molecule has 0 saturated carbocycles. The highest BCUT2D eigenvalue weighted by Crippen LogP contribution is 2.58. The predicted molar refractivity (Wildman–Crippen MR) is 72.4 cm³/mol. The second-order valence-electron chi connectivity index (χ2n) is 6.12. The number of carbonyl (C=O) groups excluding carboxylic acids is 1. The molecule has 0 aromatic heterocycles. The lowest BCUT2D eigenvalue weighted by molar-refractivity contribution is -0.163. The quantitative estimate of drug-likeness (QED) is 0.604. The lowest BCUT2D eigenvalue weighted by atomic mass is 9.71. The number of fused-ring (bicyclic) bond motifs is 1. The molecule has 3 fully saturated rings. The van der Waals surface area contributed by atoms with Crippen LogP contribution in [0.3, 0.4) is 0 Å². The number of likely N-dealkylation sites (tertiary alicyclic amines) is 1. The van der Waals surface area contributed by atoms with Gasteiger partial charge in [-0.1, -0.05) is 0 Å². The van der Waals surface area contributed by atoms with Crippen molar-refractivity contribution in [2.24, 2.45) is 11.8 Å². The number of hydrogen-bond acceptors (Lipinski definition) is 6. The molecular formula is C14H19NO8. The van der Waals surface area contributed by atoms with E-state index in [1.807, 2.05) is 0 Å². The van der Waals surface area contributed by atoms with Crippen LogP contribution in [0.1, 0.15) is 12.8 Å². The summed E-state index contributed by atoms with van der Waals surface area (Å²) in [5, 5.41) is 19.1. The Morgan fingerprint density at radius 3 is 2.52 bits per heavy atom. The van der Waals surface area contributed by atoms with Crippen molar-refractivity contribution in [1.29, 1.82) is 0 Å². The van der Waals surface area contributed by atoms with Gasteiger partial charge in [-0.3, -0.25) is 9.59 Å². The van der Waals surface area contributed by atoms with E-state index in [-0.39, 0.29) is 6.54 Å². The lowest BCUT2D eigenvalue weighted by Crippen LogP contribution is -2.52. The van der Waals surface area contributed by atoms with Crippen LogP contribution in [0.5, 0.6) is 0 Å². The molecule has 9 heteroatoms. The number of carbonyl (C=O) groups is 3. The third-order valence-corrected chi connectivity index (χ3v) is 5.19. The third-order valence-electron chi connectivity index (χ3n) is 5.19. The van der Waals surface area contributed by atoms with Crippen molar-refractivity contribution < 1.29 is 38.8 Å². The predicted octanol–water partition coefficient (Wildman–Crippen LogP) is -0.851. The summed E-state index contributed by atoms with van der Waals surface area (Å²) in [5.74, 6) is -4.85. The fourth-order valence-corrected chi connectivity index (χ4v) is 4.32. The zero-order chi connectivity index (χ0) is 16.9. The van der Waals surface area contributed by atoms with Crippen LogP contribution in [0, 0.1) is 11.8 Å². The number of nitrogens with zero attached hydrogens (tertiary/aromatic N) is 1. The molecule has 5 unspecified atom stereocenters. The van der Waals surface area contributed by atoms with Gasteiger partial charge >= 0.3 is 11.9 Å². The maximum atomic E-state index is 12.8. The highest BCUT2D eigenvalue weighted by molar-refractivity contribution is 5.96. The van der Waals surface area contributed by atoms with E-state index in [9.17, 15) is 24.6 Å². The van der Waals surface area contributed by atoms with E-state index in [2.05, 4.69) is 0 Å². The zero-order valence-electron chi connectivity index (χ0n) is 12.8. The second kappa shape index (κ2) is 5.43. The highest BCUT2D eigenvalue weighted by Gasteiger charge is 2.74. The minimum absolute atomic E-state index is 0.0958. The number of amides is 1. The molecule has 3 rings (SSSR count). The number of aliphatic carboxylic acids is 2. The van der Waals surface area contributed by atoms with Gasteiger partial charge in [-0.15, -0.1) is 0 Å². The van der Waals surface area contributed by atoms with Crippen LogP contribution in [0.15, 0.2) is 0 Å². The summed E-state index contributed by atoms with van der Waals surface area (Å²) in [6.45, 7) is -0.0958. The van der Waals surface area contributed by atoms with Crippen LogP contribution in [-0.4, -0.2) is 77.8 Å². The van der Waals surface area contributed by atoms with E-state index in [1.54, 1.807) is 0 Å². The molecule has 3 saturated heterocycles. The Balaban J connectivity index is 1.99. The van der Waals surface area contributed by atoms with Gasteiger partial charge in [0, 0.05) is 14.2 Å². The summed E-state index contributed by atoms with van der Waals surface area (Å²) < 4.78 is 15.9. The molecule has 0 aliphatic carbocycles. The molecule has 2 N–H and O–H groups in total. The first-order chi connectivity index (χ1) is 10.9. The fourth-order valence-electron chi connectivity index (χ4n) is 4.32. The second-order valence-corrected chi connectivity index (χ2v) is 6.12. The molecule has 3 heterocycles. The van der Waals surface area contributed by atoms with Crippen LogP contribution in [-0.2, 0) is 28.6 Å². The largest absolute Gasteiger partial charge is 0.481 e. The van der Waals surface area contributed by atoms with Gasteiger partial charge in [0.15, 0.2) is 12.3 Å². The number of carboxylic acid groups (broad SMARTS) is 2. The summed E-state index contributed by atoms with van der Waals surface area (Å²) in [7, 11) is 2.76. The van der Waals surface area contributed by atoms with E-state index in [0.29, 0.717) is 12.8 Å². The van der Waals surface area contributed by atoms with Crippen molar-refractivity contribution >= 4 is 17.8 Å². The molecule has 128 valence electrons. The average Bonchev–Trinajstić information content (AvgIpc) is 3.12. The van der Waals surface area contributed by atoms with Crippen molar-refractivity contribution in [3.8, 4) is 0 Å². The summed E-state index contributed by atoms with van der Waals surface area (Å²) in [5.41, 5.74) is -1.28. The third kappa shape index (κ3) is 2.07. The Kier molecular flexibility index (Phi) is 3.81. The first-order valence-electron chi connectivity index (χ1n) is 7.37. The van der Waals surface area contributed by atoms with Crippen LogP contribution in [0.25, 0.3) is 0 Å². The molecule has 23 heavy (non-hydrogen) atoms. The number of ether oxygens (including phenoxy) is 3. The zero-order valence-corrected chi connectivity index (χ0v) is 12.8. The minimum atomic E-state index is -1.28. The maximum Gasteiger partial charge on any atom is 0.329 e. The fraction of sp³-hybridized carbons (Fsp3) is 0.786. The first-order valence-corrected chi connectivity index (χ1v) is 7.37. The smallest absolute Gasteiger partial charge is 0.329 e. The van der Waals surface area contributed by atoms with Crippen molar-refractivity contribution in [3.63, 3.8) is 0 Å². The van der Waals surface area contributed by atoms with E-state index in [4.69, 9.17) is 14.2 Å². The Labute approximate surface area is 132 Å². The van der Waals surface area contributed by atoms with E-state index >= 15 is 0 Å². The number of carboxylic acids is 2. The molecule has 2 bridgehead atoms. The molecular weight excluding hydrogens is 310 g/mol. The Hall–Kier alpha value is -1.71. The van der Waals surface area contributed by atoms with Crippen LogP contribution < -0.4 is 0 Å². The Morgan fingerprint density at radius 2 is 2.00 bits per heavy atom. The van der Waals surface area contributed by atoms with Gasteiger partial charge in [-0.25, -0.2) is 4.79 Å². The van der Waals surface area contributed by atoms with Gasteiger partial charge in [-0.2, -0.15) is 0 Å². The SMILES string of the molecule is COC(CN1C(=O)C2C(C(=O)O)C3CCC2(O3)C1C(=O)O)OC. The Bertz CT molecular complexity index is 547. The number of methoxy groups -OCH3 is 2. The maximum absolute atomic E-state index is 12.8. The van der Waals surface area contributed by atoms with Gasteiger partial charge in [0.05, 0.1) is 24.5 Å². The van der Waals surface area contributed by atoms with Crippen molar-refractivity contribution in [2.75, 3.05) is 20.8 Å². The van der Waals surface area contributed by atoms with Crippen molar-refractivity contribution in [3.05, 3.63) is 0 Å². The number of hydrogen-bond donors (Lipinski definition) is 2. The van der Waals surface area contributed by atoms with Gasteiger partial charge < -0.3 is 29.3 Å². The molecule has 3 aliphatic heterocycles. The summed E-state index contributed by atoms with van der Waals surface area (Å²) >= 11 is 0. The average molecular weight is 329 g/mol. The molecule has 1 spiro atoms. The highest BCUT2D eigenvalue weighted by atomic mass is 16.7. The molecule has 3 aliphatic rings. The van der Waals surface area contributed by atoms with Gasteiger partial charge in [0.25, 0.3) is 0 Å². The standard InChI is InChI=1S/C14H19NO8/c1-21-7(22-2)5-15-10(13(19)20)14-4-3-6(23-14)8(12(17)18)9(14)11(15)16/h6-10H,3-5H2,1-2H3,(H,17,18)(H,19,20). The summed E-state index contributed by atoms with van der Waals surface area (Å²) in [6.07, 6.45) is -0.602. The molecule has 0 radical (unpaired) electrons. The molecule has 5 atom stereocenters. The number of rotatable bonds is 6. The van der Waals surface area contributed by atoms with Crippen molar-refractivity contribution in [1.82, 2.24) is 4.90 Å². The summed E-state index contributed by atoms with van der Waals surface area (Å²) in [4.78, 5) is 37.3. The van der Waals surface area contributed by atoms with Crippen LogP contribution >= 0.6 is 0 Å². The van der Waals surface area contributed by atoms with Crippen LogP contribution in [0.2, 0.25) is 0 Å². The minimum Gasteiger partial charge on any atom is -0.481 e.